The van der Waals surface area contributed by atoms with Crippen molar-refractivity contribution < 1.29 is 18.8 Å². The van der Waals surface area contributed by atoms with Gasteiger partial charge >= 0.3 is 0 Å². The number of rotatable bonds is 5. The van der Waals surface area contributed by atoms with Gasteiger partial charge in [-0.3, -0.25) is 14.6 Å². The molecule has 1 aromatic carbocycles. The van der Waals surface area contributed by atoms with E-state index in [-0.39, 0.29) is 17.1 Å². The van der Waals surface area contributed by atoms with Crippen LogP contribution in [0.15, 0.2) is 51.8 Å². The van der Waals surface area contributed by atoms with Crippen molar-refractivity contribution in [1.82, 2.24) is 9.88 Å². The molecule has 0 radical (unpaired) electrons. The van der Waals surface area contributed by atoms with Gasteiger partial charge in [-0.25, -0.2) is 0 Å². The molecule has 7 nitrogen and oxygen atoms in total. The normalized spacial score (nSPS) is 16.1. The highest BCUT2D eigenvalue weighted by Gasteiger charge is 2.43. The van der Waals surface area contributed by atoms with Crippen LogP contribution in [0.1, 0.15) is 27.9 Å². The Kier molecular flexibility index (Phi) is 4.60. The quantitative estimate of drug-likeness (QED) is 0.711. The van der Waals surface area contributed by atoms with Crippen LogP contribution in [0, 0.1) is 0 Å². The number of aromatic nitrogens is 1. The highest BCUT2D eigenvalue weighted by atomic mass is 16.5. The second-order valence-corrected chi connectivity index (χ2v) is 7.15. The number of nitrogens with one attached hydrogen (secondary N) is 1. The smallest absolute Gasteiger partial charge is 0.291 e. The maximum atomic E-state index is 13.3. The summed E-state index contributed by atoms with van der Waals surface area (Å²) in [5, 5.41) is 0.424. The predicted molar refractivity (Wildman–Crippen MR) is 104 cm³/mol. The largest absolute Gasteiger partial charge is 0.497 e. The van der Waals surface area contributed by atoms with Gasteiger partial charge < -0.3 is 19.0 Å². The number of hydrogen-bond donors (Lipinski definition) is 1. The molecule has 144 valence electrons. The number of methoxy groups -OCH3 is 1. The van der Waals surface area contributed by atoms with Crippen LogP contribution in [0.4, 0.5) is 0 Å². The molecule has 4 rings (SSSR count). The van der Waals surface area contributed by atoms with E-state index in [1.807, 2.05) is 32.3 Å². The Hall–Kier alpha value is -3.19. The van der Waals surface area contributed by atoms with Crippen LogP contribution >= 0.6 is 0 Å². The van der Waals surface area contributed by atoms with Crippen LogP contribution in [0.2, 0.25) is 0 Å². The third-order valence-corrected chi connectivity index (χ3v) is 5.00. The Morgan fingerprint density at radius 3 is 2.71 bits per heavy atom. The zero-order valence-corrected chi connectivity index (χ0v) is 16.1. The van der Waals surface area contributed by atoms with E-state index in [1.54, 1.807) is 36.4 Å². The summed E-state index contributed by atoms with van der Waals surface area (Å²) in [6.07, 6.45) is 1.67. The Morgan fingerprint density at radius 2 is 2.04 bits per heavy atom. The summed E-state index contributed by atoms with van der Waals surface area (Å²) in [6, 6.07) is 9.97. The lowest BCUT2D eigenvalue weighted by Crippen LogP contribution is -3.06. The number of ether oxygens (including phenoxy) is 1. The summed E-state index contributed by atoms with van der Waals surface area (Å²) in [4.78, 5) is 33.8. The van der Waals surface area contributed by atoms with E-state index in [0.29, 0.717) is 34.5 Å². The lowest BCUT2D eigenvalue weighted by Gasteiger charge is -2.24. The Labute approximate surface area is 162 Å². The van der Waals surface area contributed by atoms with Crippen molar-refractivity contribution in [3.05, 3.63) is 69.8 Å². The van der Waals surface area contributed by atoms with Crippen molar-refractivity contribution in [2.24, 2.45) is 0 Å². The summed E-state index contributed by atoms with van der Waals surface area (Å²) in [5.74, 6) is 0.374. The molecular formula is C21H22N3O4+. The van der Waals surface area contributed by atoms with Gasteiger partial charge in [0, 0.05) is 12.3 Å². The number of carbonyl (C=O) groups excluding carboxylic acids is 1. The van der Waals surface area contributed by atoms with Crippen molar-refractivity contribution >= 4 is 16.9 Å². The van der Waals surface area contributed by atoms with E-state index in [4.69, 9.17) is 9.15 Å². The third-order valence-electron chi connectivity index (χ3n) is 5.00. The van der Waals surface area contributed by atoms with Gasteiger partial charge in [-0.15, -0.1) is 0 Å². The molecule has 0 fully saturated rings. The van der Waals surface area contributed by atoms with Gasteiger partial charge in [-0.2, -0.15) is 0 Å². The highest BCUT2D eigenvalue weighted by molar-refractivity contribution is 5.99. The first-order valence-electron chi connectivity index (χ1n) is 9.17. The molecule has 1 aliphatic rings. The highest BCUT2D eigenvalue weighted by Crippen LogP contribution is 2.37. The monoisotopic (exact) mass is 380 g/mol. The lowest BCUT2D eigenvalue weighted by molar-refractivity contribution is -0.857. The van der Waals surface area contributed by atoms with Crippen LogP contribution in [0.3, 0.4) is 0 Å². The SMILES string of the molecule is COc1ccc2c(=O)c3c(oc2c1)C(=O)N(CC[NH+](C)C)[C@@H]3c1ccccn1. The summed E-state index contributed by atoms with van der Waals surface area (Å²) in [5.41, 5.74) is 1.15. The fourth-order valence-corrected chi connectivity index (χ4v) is 3.55. The second-order valence-electron chi connectivity index (χ2n) is 7.15. The zero-order valence-electron chi connectivity index (χ0n) is 16.1. The number of fused-ring (bicyclic) bond motifs is 2. The lowest BCUT2D eigenvalue weighted by atomic mass is 10.0. The van der Waals surface area contributed by atoms with Gasteiger partial charge in [0.25, 0.3) is 5.91 Å². The first-order valence-corrected chi connectivity index (χ1v) is 9.17. The van der Waals surface area contributed by atoms with Crippen LogP contribution in [0.25, 0.3) is 11.0 Å². The summed E-state index contributed by atoms with van der Waals surface area (Å²) >= 11 is 0. The molecule has 0 saturated carbocycles. The van der Waals surface area contributed by atoms with Crippen LogP contribution in [-0.4, -0.2) is 50.1 Å². The molecule has 0 unspecified atom stereocenters. The molecule has 0 spiro atoms. The molecule has 0 bridgehead atoms. The van der Waals surface area contributed by atoms with E-state index in [0.717, 1.165) is 6.54 Å². The number of pyridine rings is 1. The maximum absolute atomic E-state index is 13.3. The van der Waals surface area contributed by atoms with Crippen LogP contribution < -0.4 is 15.1 Å². The standard InChI is InChI=1S/C21H21N3O4/c1-23(2)10-11-24-18(15-6-4-5-9-22-15)17-19(25)14-8-7-13(27-3)12-16(14)28-20(17)21(24)26/h4-9,12,18H,10-11H2,1-3H3/p+1/t18-/m1/s1. The topological polar surface area (TPSA) is 77.1 Å². The molecular weight excluding hydrogens is 358 g/mol. The van der Waals surface area contributed by atoms with Gasteiger partial charge in [0.05, 0.1) is 50.9 Å². The minimum Gasteiger partial charge on any atom is -0.497 e. The van der Waals surface area contributed by atoms with E-state index in [2.05, 4.69) is 4.98 Å². The molecule has 1 atom stereocenters. The molecule has 1 aliphatic heterocycles. The maximum Gasteiger partial charge on any atom is 0.291 e. The first-order chi connectivity index (χ1) is 13.5. The molecule has 1 amide bonds. The molecule has 7 heteroatoms. The van der Waals surface area contributed by atoms with Crippen molar-refractivity contribution in [2.45, 2.75) is 6.04 Å². The number of likely N-dealkylation sites (N-methyl/N-ethyl adjacent to an activating group) is 1. The fourth-order valence-electron chi connectivity index (χ4n) is 3.55. The van der Waals surface area contributed by atoms with E-state index >= 15 is 0 Å². The summed E-state index contributed by atoms with van der Waals surface area (Å²) in [6.45, 7) is 1.23. The average Bonchev–Trinajstić information content (AvgIpc) is 2.99. The third kappa shape index (κ3) is 2.93. The van der Waals surface area contributed by atoms with E-state index in [9.17, 15) is 9.59 Å². The van der Waals surface area contributed by atoms with Crippen LogP contribution in [-0.2, 0) is 0 Å². The second kappa shape index (κ2) is 7.09. The number of amides is 1. The van der Waals surface area contributed by atoms with Crippen molar-refractivity contribution in [2.75, 3.05) is 34.3 Å². The molecule has 28 heavy (non-hydrogen) atoms. The number of hydrogen-bond acceptors (Lipinski definition) is 5. The predicted octanol–water partition coefficient (Wildman–Crippen LogP) is 0.886. The van der Waals surface area contributed by atoms with E-state index in [1.165, 1.54) is 4.90 Å². The summed E-state index contributed by atoms with van der Waals surface area (Å²) < 4.78 is 11.1. The molecule has 1 N–H and O–H groups in total. The van der Waals surface area contributed by atoms with Crippen molar-refractivity contribution in [1.29, 1.82) is 0 Å². The number of nitrogens with zero attached hydrogens (tertiary/aromatic N) is 2. The number of carbonyl (C=O) groups is 1. The first kappa shape index (κ1) is 18.2. The molecule has 2 aromatic heterocycles. The van der Waals surface area contributed by atoms with Gasteiger partial charge in [0.15, 0.2) is 5.43 Å². The van der Waals surface area contributed by atoms with Crippen molar-refractivity contribution in [3.63, 3.8) is 0 Å². The zero-order chi connectivity index (χ0) is 19.8. The van der Waals surface area contributed by atoms with Gasteiger partial charge in [0.2, 0.25) is 5.76 Å². The Balaban J connectivity index is 1.93. The molecule has 0 aliphatic carbocycles. The van der Waals surface area contributed by atoms with Crippen LogP contribution in [0.5, 0.6) is 5.75 Å². The average molecular weight is 380 g/mol. The molecule has 3 heterocycles. The number of quaternary nitrogens is 1. The van der Waals surface area contributed by atoms with Crippen molar-refractivity contribution in [3.8, 4) is 5.75 Å². The fraction of sp³-hybridized carbons (Fsp3) is 0.286. The molecule has 0 saturated heterocycles. The Bertz CT molecular complexity index is 1090. The molecule has 3 aromatic rings. The van der Waals surface area contributed by atoms with Gasteiger partial charge in [-0.1, -0.05) is 6.07 Å². The number of benzene rings is 1. The Morgan fingerprint density at radius 1 is 1.21 bits per heavy atom. The summed E-state index contributed by atoms with van der Waals surface area (Å²) in [7, 11) is 5.58. The van der Waals surface area contributed by atoms with Gasteiger partial charge in [0.1, 0.15) is 17.4 Å². The van der Waals surface area contributed by atoms with Gasteiger partial charge in [-0.05, 0) is 24.3 Å². The minimum atomic E-state index is -0.550. The minimum absolute atomic E-state index is 0.0927. The van der Waals surface area contributed by atoms with E-state index < -0.39 is 6.04 Å².